The van der Waals surface area contributed by atoms with Crippen molar-refractivity contribution >= 4 is 7.82 Å². The Balaban J connectivity index is 1.08. The Hall–Kier alpha value is -2.28. The van der Waals surface area contributed by atoms with E-state index in [9.17, 15) is 14.2 Å². The fourth-order valence-electron chi connectivity index (χ4n) is 10.9. The second-order valence-corrected chi connectivity index (χ2v) is 18.8. The fourth-order valence-corrected chi connectivity index (χ4v) is 12.3. The minimum Gasteiger partial charge on any atom is -0.344 e. The monoisotopic (exact) mass is 725 g/mol. The van der Waals surface area contributed by atoms with Crippen molar-refractivity contribution in [1.82, 2.24) is 9.55 Å². The summed E-state index contributed by atoms with van der Waals surface area (Å²) in [4.78, 5) is 26.5. The molecule has 1 aliphatic heterocycles. The average molecular weight is 726 g/mol. The summed E-state index contributed by atoms with van der Waals surface area (Å²) in [5.74, 6) is 4.60. The van der Waals surface area contributed by atoms with Crippen molar-refractivity contribution in [2.45, 2.75) is 137 Å². The number of hydrogen-bond donors (Lipinski definition) is 1. The molecule has 0 saturated heterocycles. The van der Waals surface area contributed by atoms with Crippen LogP contribution in [-0.4, -0.2) is 35.0 Å². The summed E-state index contributed by atoms with van der Waals surface area (Å²) in [5.41, 5.74) is 1.34. The zero-order valence-electron chi connectivity index (χ0n) is 31.6. The first-order valence-electron chi connectivity index (χ1n) is 19.6. The van der Waals surface area contributed by atoms with Crippen molar-refractivity contribution in [2.75, 3.05) is 13.2 Å². The third-order valence-corrected chi connectivity index (χ3v) is 15.1. The van der Waals surface area contributed by atoms with Crippen LogP contribution >= 0.6 is 7.82 Å². The fraction of sp³-hybridized carbons (Fsp3) is 0.775. The first-order chi connectivity index (χ1) is 24.3. The molecule has 0 aromatic carbocycles. The van der Waals surface area contributed by atoms with Crippen molar-refractivity contribution < 1.29 is 22.9 Å². The van der Waals surface area contributed by atoms with E-state index in [0.717, 1.165) is 48.9 Å². The molecule has 5 aliphatic rings. The van der Waals surface area contributed by atoms with Crippen LogP contribution < -0.4 is 11.2 Å². The van der Waals surface area contributed by atoms with Crippen LogP contribution in [0.15, 0.2) is 39.6 Å². The normalized spacial score (nSPS) is 36.1. The zero-order valence-corrected chi connectivity index (χ0v) is 32.5. The van der Waals surface area contributed by atoms with E-state index in [4.69, 9.17) is 23.6 Å². The highest BCUT2D eigenvalue weighted by Crippen LogP contribution is 2.68. The van der Waals surface area contributed by atoms with Crippen LogP contribution in [0.25, 0.3) is 0 Å². The molecule has 1 N–H and O–H groups in total. The lowest BCUT2D eigenvalue weighted by Gasteiger charge is -2.58. The van der Waals surface area contributed by atoms with Gasteiger partial charge < -0.3 is 4.74 Å². The van der Waals surface area contributed by atoms with Gasteiger partial charge in [-0.15, -0.1) is 0 Å². The number of fused-ring (bicyclic) bond motifs is 5. The van der Waals surface area contributed by atoms with E-state index in [1.807, 2.05) is 6.07 Å². The van der Waals surface area contributed by atoms with Gasteiger partial charge in [0.1, 0.15) is 6.10 Å². The molecule has 0 radical (unpaired) electrons. The Bertz CT molecular complexity index is 1680. The summed E-state index contributed by atoms with van der Waals surface area (Å²) < 4.78 is 39.0. The Kier molecular flexibility index (Phi) is 11.8. The molecule has 282 valence electrons. The van der Waals surface area contributed by atoms with Gasteiger partial charge in [0, 0.05) is 11.8 Å². The second kappa shape index (κ2) is 15.6. The molecule has 1 unspecified atom stereocenters. The molecule has 6 rings (SSSR count). The van der Waals surface area contributed by atoms with Crippen molar-refractivity contribution in [3.05, 3.63) is 56.4 Å². The topological polar surface area (TPSA) is 133 Å². The van der Waals surface area contributed by atoms with E-state index in [1.54, 1.807) is 19.1 Å². The lowest BCUT2D eigenvalue weighted by molar-refractivity contribution is -0.0588. The van der Waals surface area contributed by atoms with Gasteiger partial charge in [-0.3, -0.25) is 27.9 Å². The number of rotatable bonds is 14. The molecule has 0 bridgehead atoms. The number of nitrogens with zero attached hydrogens (tertiary/aromatic N) is 2. The lowest BCUT2D eigenvalue weighted by atomic mass is 9.47. The Labute approximate surface area is 304 Å². The third kappa shape index (κ3) is 7.99. The number of aromatic nitrogens is 2. The first kappa shape index (κ1) is 38.4. The highest BCUT2D eigenvalue weighted by molar-refractivity contribution is 7.48. The number of ether oxygens (including phenoxy) is 1. The Morgan fingerprint density at radius 1 is 1.08 bits per heavy atom. The molecular weight excluding hydrogens is 665 g/mol. The minimum atomic E-state index is -4.05. The summed E-state index contributed by atoms with van der Waals surface area (Å²) >= 11 is 0. The van der Waals surface area contributed by atoms with Gasteiger partial charge in [-0.2, -0.15) is 5.26 Å². The molecule has 1 aromatic heterocycles. The molecule has 0 spiro atoms. The quantitative estimate of drug-likeness (QED) is 0.114. The van der Waals surface area contributed by atoms with E-state index >= 15 is 0 Å². The van der Waals surface area contributed by atoms with Crippen molar-refractivity contribution in [1.29, 1.82) is 5.26 Å². The zero-order chi connectivity index (χ0) is 36.6. The van der Waals surface area contributed by atoms with Crippen LogP contribution in [0.2, 0.25) is 0 Å². The van der Waals surface area contributed by atoms with Crippen molar-refractivity contribution in [3.8, 4) is 6.07 Å². The van der Waals surface area contributed by atoms with Gasteiger partial charge in [-0.1, -0.05) is 71.6 Å². The van der Waals surface area contributed by atoms with Gasteiger partial charge >= 0.3 is 13.5 Å². The smallest absolute Gasteiger partial charge is 0.344 e. The molecule has 11 heteroatoms. The number of hydrogen-bond acceptors (Lipinski definition) is 8. The van der Waals surface area contributed by atoms with Crippen LogP contribution in [0.4, 0.5) is 0 Å². The standard InChI is InChI=1S/C40H60N3O7P/c1-26(2)9-7-10-27(3)33-14-15-34-32-13-11-29-23-30(17-19-39(29,5)35(32)18-20-40(33,34)6)50-51(46,47-22-8-21-41)48-25-31-12-16-36(49-31)43-24-28(4)37(44)42-38(43)45/h11-12,16,24,26-27,30-36H,7-10,13-15,17-20,22-23,25H2,1-6H3,(H,42,44,45)/t27-,30+,31+,32+,33-,34+,35+,36-,39+,40-,51?/m1/s1. The number of phosphoric ester groups is 1. The van der Waals surface area contributed by atoms with Gasteiger partial charge in [-0.25, -0.2) is 9.36 Å². The van der Waals surface area contributed by atoms with Crippen LogP contribution in [-0.2, 0) is 22.9 Å². The molecule has 3 saturated carbocycles. The molecule has 1 aromatic rings. The summed E-state index contributed by atoms with van der Waals surface area (Å²) in [5, 5.41) is 9.11. The predicted octanol–water partition coefficient (Wildman–Crippen LogP) is 8.78. The number of nitriles is 1. The second-order valence-electron chi connectivity index (χ2n) is 17.2. The largest absolute Gasteiger partial charge is 0.475 e. The van der Waals surface area contributed by atoms with E-state index < -0.39 is 31.4 Å². The van der Waals surface area contributed by atoms with E-state index in [-0.39, 0.29) is 31.2 Å². The SMILES string of the molecule is Cc1cn([C@H]2C=C[C@@H](COP(=O)(OCCC#N)O[C@H]3CC[C@@]4(C)C(=CC[C@H]5[C@@H]6CC[C@H]([C@H](C)CCCC(C)C)[C@@]6(C)CC[C@@H]54)C3)O2)c(=O)[nH]c1=O. The van der Waals surface area contributed by atoms with Gasteiger partial charge in [0.15, 0.2) is 6.23 Å². The highest BCUT2D eigenvalue weighted by atomic mass is 31.2. The Morgan fingerprint density at radius 2 is 1.88 bits per heavy atom. The first-order valence-corrected chi connectivity index (χ1v) is 21.0. The molecule has 11 atom stereocenters. The number of H-pyrrole nitrogens is 1. The molecule has 0 amide bonds. The summed E-state index contributed by atoms with van der Waals surface area (Å²) in [6, 6.07) is 2.03. The molecule has 51 heavy (non-hydrogen) atoms. The molecule has 2 heterocycles. The maximum atomic E-state index is 14.0. The molecule has 10 nitrogen and oxygen atoms in total. The number of phosphoric acid groups is 1. The minimum absolute atomic E-state index is 0.0573. The summed E-state index contributed by atoms with van der Waals surface area (Å²) in [7, 11) is -4.05. The predicted molar refractivity (Wildman–Crippen MR) is 197 cm³/mol. The van der Waals surface area contributed by atoms with Crippen LogP contribution in [0.5, 0.6) is 0 Å². The van der Waals surface area contributed by atoms with Gasteiger partial charge in [0.25, 0.3) is 5.56 Å². The van der Waals surface area contributed by atoms with Gasteiger partial charge in [0.2, 0.25) is 0 Å². The number of allylic oxidation sites excluding steroid dienone is 1. The summed E-state index contributed by atoms with van der Waals surface area (Å²) in [6.07, 6.45) is 18.7. The van der Waals surface area contributed by atoms with Gasteiger partial charge in [0.05, 0.1) is 31.8 Å². The van der Waals surface area contributed by atoms with Crippen LogP contribution in [0.1, 0.15) is 123 Å². The number of aryl methyl sites for hydroxylation is 1. The molecule has 3 fully saturated rings. The van der Waals surface area contributed by atoms with Crippen molar-refractivity contribution in [2.24, 2.45) is 46.3 Å². The van der Waals surface area contributed by atoms with Crippen LogP contribution in [0.3, 0.4) is 0 Å². The average Bonchev–Trinajstić information content (AvgIpc) is 3.70. The third-order valence-electron chi connectivity index (χ3n) is 13.6. The Morgan fingerprint density at radius 3 is 2.65 bits per heavy atom. The highest BCUT2D eigenvalue weighted by Gasteiger charge is 2.59. The van der Waals surface area contributed by atoms with Crippen molar-refractivity contribution in [3.63, 3.8) is 0 Å². The maximum Gasteiger partial charge on any atom is 0.475 e. The number of aromatic amines is 1. The van der Waals surface area contributed by atoms with Crippen LogP contribution in [0, 0.1) is 64.6 Å². The number of nitrogens with one attached hydrogen (secondary N) is 1. The van der Waals surface area contributed by atoms with E-state index in [0.29, 0.717) is 23.3 Å². The van der Waals surface area contributed by atoms with Gasteiger partial charge in [-0.05, 0) is 111 Å². The van der Waals surface area contributed by atoms with E-state index in [2.05, 4.69) is 45.7 Å². The van der Waals surface area contributed by atoms with E-state index in [1.165, 1.54) is 61.3 Å². The summed E-state index contributed by atoms with van der Waals surface area (Å²) in [6.45, 7) is 13.7. The maximum absolute atomic E-state index is 14.0. The molecule has 4 aliphatic carbocycles. The lowest BCUT2D eigenvalue weighted by Crippen LogP contribution is -2.51. The molecular formula is C40H60N3O7P.